The second-order valence-corrected chi connectivity index (χ2v) is 5.11. The monoisotopic (exact) mass is 311 g/mol. The van der Waals surface area contributed by atoms with Gasteiger partial charge in [-0.2, -0.15) is 0 Å². The Balaban J connectivity index is 2.10. The van der Waals surface area contributed by atoms with E-state index in [0.717, 1.165) is 23.1 Å². The summed E-state index contributed by atoms with van der Waals surface area (Å²) in [7, 11) is 0. The lowest BCUT2D eigenvalue weighted by Gasteiger charge is -2.16. The molecule has 1 amide bonds. The lowest BCUT2D eigenvalue weighted by Crippen LogP contribution is -2.24. The number of amides is 1. The van der Waals surface area contributed by atoms with Crippen LogP contribution in [0.25, 0.3) is 0 Å². The molecule has 1 aliphatic rings. The van der Waals surface area contributed by atoms with Gasteiger partial charge in [-0.15, -0.1) is 0 Å². The summed E-state index contributed by atoms with van der Waals surface area (Å²) in [5, 5.41) is 9.51. The van der Waals surface area contributed by atoms with Gasteiger partial charge in [0.15, 0.2) is 0 Å². The summed E-state index contributed by atoms with van der Waals surface area (Å²) in [6.45, 7) is 0.725. The van der Waals surface area contributed by atoms with Crippen molar-refractivity contribution in [1.82, 2.24) is 0 Å². The van der Waals surface area contributed by atoms with Crippen LogP contribution in [0, 0.1) is 5.92 Å². The largest absolute Gasteiger partial charge is 0.481 e. The number of benzene rings is 1. The molecule has 1 fully saturated rings. The number of carbonyl (C=O) groups excluding carboxylic acids is 1. The predicted octanol–water partition coefficient (Wildman–Crippen LogP) is 2.06. The first-order chi connectivity index (χ1) is 8.60. The van der Waals surface area contributed by atoms with Crippen LogP contribution in [0.4, 0.5) is 5.69 Å². The zero-order valence-electron chi connectivity index (χ0n) is 9.80. The van der Waals surface area contributed by atoms with Gasteiger partial charge in [0.1, 0.15) is 0 Å². The van der Waals surface area contributed by atoms with E-state index in [1.807, 2.05) is 12.1 Å². The van der Waals surface area contributed by atoms with Crippen LogP contribution in [0.1, 0.15) is 12.0 Å². The van der Waals surface area contributed by atoms with Crippen LogP contribution in [0.15, 0.2) is 24.3 Å². The summed E-state index contributed by atoms with van der Waals surface area (Å²) in [5.74, 6) is -0.360. The molecule has 18 heavy (non-hydrogen) atoms. The van der Waals surface area contributed by atoms with E-state index in [4.69, 9.17) is 5.11 Å². The topological polar surface area (TPSA) is 57.6 Å². The first-order valence-electron chi connectivity index (χ1n) is 5.77. The third kappa shape index (κ3) is 2.90. The molecule has 1 atom stereocenters. The zero-order valence-corrected chi connectivity index (χ0v) is 11.4. The molecule has 5 heteroatoms. The second-order valence-electron chi connectivity index (χ2n) is 4.47. The molecule has 1 aromatic rings. The normalized spacial score (nSPS) is 19.3. The number of nitrogens with zero attached hydrogens (tertiary/aromatic N) is 1. The molecule has 1 N–H and O–H groups in total. The molecule has 0 radical (unpaired) electrons. The average molecular weight is 312 g/mol. The minimum atomic E-state index is -0.848. The Morgan fingerprint density at radius 2 is 2.06 bits per heavy atom. The maximum atomic E-state index is 11.8. The van der Waals surface area contributed by atoms with Gasteiger partial charge in [0.05, 0.1) is 6.42 Å². The number of alkyl halides is 1. The fourth-order valence-electron chi connectivity index (χ4n) is 2.10. The van der Waals surface area contributed by atoms with Crippen LogP contribution < -0.4 is 4.90 Å². The van der Waals surface area contributed by atoms with Gasteiger partial charge in [0, 0.05) is 24.0 Å². The van der Waals surface area contributed by atoms with E-state index in [1.54, 1.807) is 17.0 Å². The first-order valence-corrected chi connectivity index (χ1v) is 6.89. The Hall–Kier alpha value is -1.36. The first kappa shape index (κ1) is 13.1. The Labute approximate surface area is 114 Å². The number of aliphatic carboxylic acids is 1. The summed E-state index contributed by atoms with van der Waals surface area (Å²) in [6, 6.07) is 7.15. The van der Waals surface area contributed by atoms with Crippen molar-refractivity contribution < 1.29 is 14.7 Å². The highest BCUT2D eigenvalue weighted by molar-refractivity contribution is 9.09. The van der Waals surface area contributed by atoms with Gasteiger partial charge in [-0.3, -0.25) is 9.59 Å². The highest BCUT2D eigenvalue weighted by atomic mass is 79.9. The molecule has 0 aliphatic carbocycles. The molecule has 96 valence electrons. The Bertz CT molecular complexity index is 458. The van der Waals surface area contributed by atoms with Crippen molar-refractivity contribution in [2.75, 3.05) is 16.8 Å². The number of halogens is 1. The van der Waals surface area contributed by atoms with E-state index in [-0.39, 0.29) is 12.3 Å². The predicted molar refractivity (Wildman–Crippen MR) is 72.0 cm³/mol. The van der Waals surface area contributed by atoms with E-state index >= 15 is 0 Å². The minimum Gasteiger partial charge on any atom is -0.481 e. The third-order valence-corrected chi connectivity index (χ3v) is 3.94. The van der Waals surface area contributed by atoms with Crippen LogP contribution in [0.5, 0.6) is 0 Å². The number of carbonyl (C=O) groups is 2. The maximum Gasteiger partial charge on any atom is 0.307 e. The maximum absolute atomic E-state index is 11.8. The van der Waals surface area contributed by atoms with Crippen molar-refractivity contribution in [3.8, 4) is 0 Å². The lowest BCUT2D eigenvalue weighted by atomic mass is 10.1. The zero-order chi connectivity index (χ0) is 13.1. The minimum absolute atomic E-state index is 0.0122. The Kier molecular flexibility index (Phi) is 4.01. The van der Waals surface area contributed by atoms with Gasteiger partial charge < -0.3 is 10.0 Å². The number of anilines is 1. The number of hydrogen-bond acceptors (Lipinski definition) is 2. The van der Waals surface area contributed by atoms with E-state index in [9.17, 15) is 9.59 Å². The molecule has 0 aromatic heterocycles. The third-order valence-electron chi connectivity index (χ3n) is 3.03. The van der Waals surface area contributed by atoms with Crippen molar-refractivity contribution in [3.63, 3.8) is 0 Å². The number of carboxylic acid groups (broad SMARTS) is 1. The number of hydrogen-bond donors (Lipinski definition) is 1. The molecular weight excluding hydrogens is 298 g/mol. The SMILES string of the molecule is O=C(O)Cc1ccc(N2CC(CBr)CC2=O)cc1. The van der Waals surface area contributed by atoms with Crippen LogP contribution in [-0.2, 0) is 16.0 Å². The number of rotatable bonds is 4. The molecule has 1 saturated heterocycles. The van der Waals surface area contributed by atoms with E-state index in [0.29, 0.717) is 12.3 Å². The van der Waals surface area contributed by atoms with Crippen molar-refractivity contribution in [1.29, 1.82) is 0 Å². The fraction of sp³-hybridized carbons (Fsp3) is 0.385. The molecule has 0 saturated carbocycles. The molecule has 1 unspecified atom stereocenters. The van der Waals surface area contributed by atoms with Gasteiger partial charge in [0.25, 0.3) is 0 Å². The van der Waals surface area contributed by atoms with Crippen molar-refractivity contribution in [2.45, 2.75) is 12.8 Å². The van der Waals surface area contributed by atoms with Gasteiger partial charge >= 0.3 is 5.97 Å². The number of carboxylic acids is 1. The van der Waals surface area contributed by atoms with E-state index in [2.05, 4.69) is 15.9 Å². The molecule has 1 aromatic carbocycles. The Morgan fingerprint density at radius 1 is 1.39 bits per heavy atom. The summed E-state index contributed by atoms with van der Waals surface area (Å²) >= 11 is 3.40. The van der Waals surface area contributed by atoms with Crippen LogP contribution in [0.3, 0.4) is 0 Å². The standard InChI is InChI=1S/C13H14BrNO3/c14-7-10-5-12(16)15(8-10)11-3-1-9(2-4-11)6-13(17)18/h1-4,10H,5-8H2,(H,17,18). The van der Waals surface area contributed by atoms with Gasteiger partial charge in [-0.1, -0.05) is 28.1 Å². The lowest BCUT2D eigenvalue weighted by molar-refractivity contribution is -0.136. The molecule has 4 nitrogen and oxygen atoms in total. The highest BCUT2D eigenvalue weighted by Gasteiger charge is 2.29. The Morgan fingerprint density at radius 3 is 2.56 bits per heavy atom. The molecule has 0 spiro atoms. The van der Waals surface area contributed by atoms with E-state index in [1.165, 1.54) is 0 Å². The smallest absolute Gasteiger partial charge is 0.307 e. The van der Waals surface area contributed by atoms with Crippen molar-refractivity contribution in [2.24, 2.45) is 5.92 Å². The van der Waals surface area contributed by atoms with Crippen LogP contribution >= 0.6 is 15.9 Å². The molecular formula is C13H14BrNO3. The second kappa shape index (κ2) is 5.52. The van der Waals surface area contributed by atoms with Crippen LogP contribution in [-0.4, -0.2) is 28.9 Å². The molecule has 2 rings (SSSR count). The highest BCUT2D eigenvalue weighted by Crippen LogP contribution is 2.26. The molecule has 0 bridgehead atoms. The van der Waals surface area contributed by atoms with Gasteiger partial charge in [0.2, 0.25) is 5.91 Å². The molecule has 1 aliphatic heterocycles. The van der Waals surface area contributed by atoms with Crippen molar-refractivity contribution in [3.05, 3.63) is 29.8 Å². The van der Waals surface area contributed by atoms with Crippen molar-refractivity contribution >= 4 is 33.5 Å². The molecule has 1 heterocycles. The van der Waals surface area contributed by atoms with Gasteiger partial charge in [-0.05, 0) is 23.6 Å². The average Bonchev–Trinajstić information content (AvgIpc) is 2.71. The summed E-state index contributed by atoms with van der Waals surface area (Å²) in [4.78, 5) is 24.2. The van der Waals surface area contributed by atoms with E-state index < -0.39 is 5.97 Å². The fourth-order valence-corrected chi connectivity index (χ4v) is 2.54. The summed E-state index contributed by atoms with van der Waals surface area (Å²) in [5.41, 5.74) is 1.59. The van der Waals surface area contributed by atoms with Crippen LogP contribution in [0.2, 0.25) is 0 Å². The van der Waals surface area contributed by atoms with Gasteiger partial charge in [-0.25, -0.2) is 0 Å². The quantitative estimate of drug-likeness (QED) is 0.866. The summed E-state index contributed by atoms with van der Waals surface area (Å²) < 4.78 is 0. The summed E-state index contributed by atoms with van der Waals surface area (Å²) in [6.07, 6.45) is 0.584.